The van der Waals surface area contributed by atoms with Crippen molar-refractivity contribution < 1.29 is 9.84 Å². The minimum absolute atomic E-state index is 0.366. The van der Waals surface area contributed by atoms with Gasteiger partial charge in [0.1, 0.15) is 5.75 Å². The van der Waals surface area contributed by atoms with E-state index < -0.39 is 0 Å². The first-order chi connectivity index (χ1) is 9.33. The second-order valence-electron chi connectivity index (χ2n) is 5.51. The van der Waals surface area contributed by atoms with Crippen LogP contribution in [0.2, 0.25) is 0 Å². The molecule has 0 radical (unpaired) electrons. The van der Waals surface area contributed by atoms with Crippen LogP contribution in [0.15, 0.2) is 18.2 Å². The molecule has 0 saturated carbocycles. The zero-order valence-electron chi connectivity index (χ0n) is 12.0. The summed E-state index contributed by atoms with van der Waals surface area (Å²) in [7, 11) is 0. The van der Waals surface area contributed by atoms with Gasteiger partial charge in [-0.05, 0) is 24.8 Å². The topological polar surface area (TPSA) is 29.5 Å². The summed E-state index contributed by atoms with van der Waals surface area (Å²) in [5.41, 5.74) is 2.25. The molecule has 1 unspecified atom stereocenters. The van der Waals surface area contributed by atoms with Gasteiger partial charge in [-0.25, -0.2) is 0 Å². The lowest BCUT2D eigenvalue weighted by Gasteiger charge is -2.22. The first-order valence-corrected chi connectivity index (χ1v) is 7.75. The maximum Gasteiger partial charge on any atom is 0.128 e. The van der Waals surface area contributed by atoms with Crippen molar-refractivity contribution in [3.63, 3.8) is 0 Å². The molecule has 19 heavy (non-hydrogen) atoms. The van der Waals surface area contributed by atoms with Gasteiger partial charge >= 0.3 is 0 Å². The van der Waals surface area contributed by atoms with Gasteiger partial charge in [0, 0.05) is 5.56 Å². The molecule has 2 rings (SSSR count). The highest BCUT2D eigenvalue weighted by Crippen LogP contribution is 2.34. The van der Waals surface area contributed by atoms with Crippen molar-refractivity contribution in [2.75, 3.05) is 6.61 Å². The first-order valence-electron chi connectivity index (χ1n) is 7.75. The number of hydrogen-bond donors (Lipinski definition) is 1. The van der Waals surface area contributed by atoms with Gasteiger partial charge in [-0.1, -0.05) is 57.2 Å². The summed E-state index contributed by atoms with van der Waals surface area (Å²) in [5.74, 6) is 0.954. The molecule has 2 heteroatoms. The van der Waals surface area contributed by atoms with Crippen molar-refractivity contribution in [3.8, 4) is 5.75 Å². The number of ether oxygens (including phenoxy) is 1. The number of unbranched alkanes of at least 4 members (excludes halogenated alkanes) is 4. The predicted molar refractivity (Wildman–Crippen MR) is 78.6 cm³/mol. The number of hydrogen-bond acceptors (Lipinski definition) is 2. The molecule has 0 spiro atoms. The standard InChI is InChI=1S/C17H26O2/c1-2-3-4-5-6-12-16(18)15-11-7-9-14-10-8-13-19-17(14)15/h7,9,11,16,18H,2-6,8,10,12-13H2,1H3. The van der Waals surface area contributed by atoms with E-state index in [1.807, 2.05) is 12.1 Å². The Kier molecular flexibility index (Phi) is 5.71. The monoisotopic (exact) mass is 262 g/mol. The molecule has 0 bridgehead atoms. The fourth-order valence-corrected chi connectivity index (χ4v) is 2.77. The van der Waals surface area contributed by atoms with Crippen LogP contribution in [0, 0.1) is 0 Å². The van der Waals surface area contributed by atoms with Crippen LogP contribution in [0.5, 0.6) is 5.75 Å². The average Bonchev–Trinajstić information content (AvgIpc) is 2.46. The van der Waals surface area contributed by atoms with Crippen LogP contribution in [0.4, 0.5) is 0 Å². The van der Waals surface area contributed by atoms with Crippen LogP contribution < -0.4 is 4.74 Å². The van der Waals surface area contributed by atoms with Crippen LogP contribution in [0.1, 0.15) is 69.1 Å². The minimum atomic E-state index is -0.366. The van der Waals surface area contributed by atoms with Crippen molar-refractivity contribution in [2.24, 2.45) is 0 Å². The molecule has 0 saturated heterocycles. The van der Waals surface area contributed by atoms with Gasteiger partial charge in [0.15, 0.2) is 0 Å². The Morgan fingerprint density at radius 3 is 2.89 bits per heavy atom. The van der Waals surface area contributed by atoms with E-state index in [2.05, 4.69) is 13.0 Å². The number of benzene rings is 1. The third kappa shape index (κ3) is 3.97. The zero-order valence-corrected chi connectivity index (χ0v) is 12.0. The molecule has 1 N–H and O–H groups in total. The molecule has 2 nitrogen and oxygen atoms in total. The summed E-state index contributed by atoms with van der Waals surface area (Å²) in [4.78, 5) is 0. The van der Waals surface area contributed by atoms with Crippen LogP contribution in [0.25, 0.3) is 0 Å². The lowest BCUT2D eigenvalue weighted by atomic mass is 9.96. The Labute approximate surface area is 116 Å². The molecule has 1 aromatic carbocycles. The number of aliphatic hydroxyl groups is 1. The number of rotatable bonds is 7. The van der Waals surface area contributed by atoms with E-state index in [1.165, 1.54) is 31.2 Å². The number of aliphatic hydroxyl groups excluding tert-OH is 1. The summed E-state index contributed by atoms with van der Waals surface area (Å²) >= 11 is 0. The van der Waals surface area contributed by atoms with Crippen molar-refractivity contribution in [3.05, 3.63) is 29.3 Å². The zero-order chi connectivity index (χ0) is 13.5. The van der Waals surface area contributed by atoms with Gasteiger partial charge in [0.05, 0.1) is 12.7 Å². The maximum atomic E-state index is 10.4. The molecule has 1 heterocycles. The quantitative estimate of drug-likeness (QED) is 0.738. The Hall–Kier alpha value is -1.02. The second-order valence-corrected chi connectivity index (χ2v) is 5.51. The van der Waals surface area contributed by atoms with E-state index in [-0.39, 0.29) is 6.10 Å². The van der Waals surface area contributed by atoms with E-state index in [0.29, 0.717) is 0 Å². The molecular formula is C17H26O2. The van der Waals surface area contributed by atoms with Crippen LogP contribution >= 0.6 is 0 Å². The van der Waals surface area contributed by atoms with E-state index >= 15 is 0 Å². The highest BCUT2D eigenvalue weighted by Gasteiger charge is 2.18. The van der Waals surface area contributed by atoms with Crippen LogP contribution in [0.3, 0.4) is 0 Å². The van der Waals surface area contributed by atoms with Crippen molar-refractivity contribution >= 4 is 0 Å². The summed E-state index contributed by atoms with van der Waals surface area (Å²) in [5, 5.41) is 10.4. The van der Waals surface area contributed by atoms with Gasteiger partial charge in [-0.3, -0.25) is 0 Å². The third-order valence-electron chi connectivity index (χ3n) is 3.90. The molecule has 1 aromatic rings. The van der Waals surface area contributed by atoms with Crippen molar-refractivity contribution in [2.45, 2.75) is 64.4 Å². The summed E-state index contributed by atoms with van der Waals surface area (Å²) in [6, 6.07) is 6.18. The predicted octanol–water partition coefficient (Wildman–Crippen LogP) is 4.41. The number of para-hydroxylation sites is 1. The van der Waals surface area contributed by atoms with Crippen LogP contribution in [-0.4, -0.2) is 11.7 Å². The SMILES string of the molecule is CCCCCCCC(O)c1cccc2c1OCCC2. The minimum Gasteiger partial charge on any atom is -0.493 e. The third-order valence-corrected chi connectivity index (χ3v) is 3.90. The Bertz CT molecular complexity index is 387. The lowest BCUT2D eigenvalue weighted by molar-refractivity contribution is 0.155. The number of aryl methyl sites for hydroxylation is 1. The Morgan fingerprint density at radius 1 is 1.21 bits per heavy atom. The largest absolute Gasteiger partial charge is 0.493 e. The smallest absolute Gasteiger partial charge is 0.128 e. The molecule has 1 aliphatic heterocycles. The molecule has 1 atom stereocenters. The van der Waals surface area contributed by atoms with Crippen molar-refractivity contribution in [1.29, 1.82) is 0 Å². The first kappa shape index (κ1) is 14.4. The fourth-order valence-electron chi connectivity index (χ4n) is 2.77. The second kappa shape index (κ2) is 7.54. The normalized spacial score (nSPS) is 15.7. The highest BCUT2D eigenvalue weighted by molar-refractivity contribution is 5.43. The van der Waals surface area contributed by atoms with Crippen molar-refractivity contribution in [1.82, 2.24) is 0 Å². The molecule has 106 valence electrons. The van der Waals surface area contributed by atoms with E-state index in [9.17, 15) is 5.11 Å². The molecular weight excluding hydrogens is 236 g/mol. The van der Waals surface area contributed by atoms with E-state index in [1.54, 1.807) is 0 Å². The number of fused-ring (bicyclic) bond motifs is 1. The Balaban J connectivity index is 1.90. The summed E-state index contributed by atoms with van der Waals surface area (Å²) < 4.78 is 5.76. The molecule has 0 fully saturated rings. The molecule has 0 amide bonds. The Morgan fingerprint density at radius 2 is 2.05 bits per heavy atom. The molecule has 0 aliphatic carbocycles. The van der Waals surface area contributed by atoms with Gasteiger partial charge in [0.2, 0.25) is 0 Å². The summed E-state index contributed by atoms with van der Waals surface area (Å²) in [6.45, 7) is 3.01. The van der Waals surface area contributed by atoms with Gasteiger partial charge in [0.25, 0.3) is 0 Å². The fraction of sp³-hybridized carbons (Fsp3) is 0.647. The van der Waals surface area contributed by atoms with E-state index in [4.69, 9.17) is 4.74 Å². The highest BCUT2D eigenvalue weighted by atomic mass is 16.5. The molecule has 0 aromatic heterocycles. The van der Waals surface area contributed by atoms with E-state index in [0.717, 1.165) is 43.6 Å². The summed E-state index contributed by atoms with van der Waals surface area (Å²) in [6.07, 6.45) is 8.83. The van der Waals surface area contributed by atoms with Gasteiger partial charge in [-0.2, -0.15) is 0 Å². The maximum absolute atomic E-state index is 10.4. The molecule has 1 aliphatic rings. The van der Waals surface area contributed by atoms with Gasteiger partial charge < -0.3 is 9.84 Å². The lowest BCUT2D eigenvalue weighted by Crippen LogP contribution is -2.12. The average molecular weight is 262 g/mol. The van der Waals surface area contributed by atoms with Crippen LogP contribution in [-0.2, 0) is 6.42 Å². The van der Waals surface area contributed by atoms with Gasteiger partial charge in [-0.15, -0.1) is 0 Å².